The first-order valence-corrected chi connectivity index (χ1v) is 9.10. The van der Waals surface area contributed by atoms with Crippen LogP contribution in [0, 0.1) is 13.8 Å². The number of hydrogen-bond donors (Lipinski definition) is 1. The van der Waals surface area contributed by atoms with Crippen molar-refractivity contribution in [2.75, 3.05) is 13.7 Å². The standard InChI is InChI=1S/C20H19N3O3S/c1-12-5-4-8-22-18(12)20-23-13(2)19(27-20)16(25)11-21-10-14-6-7-17(26-3)15(24)9-14/h4-10,24H,11H2,1-3H3. The Morgan fingerprint density at radius 1 is 1.33 bits per heavy atom. The molecule has 27 heavy (non-hydrogen) atoms. The fourth-order valence-corrected chi connectivity index (χ4v) is 3.62. The van der Waals surface area contributed by atoms with E-state index in [1.807, 2.05) is 26.0 Å². The van der Waals surface area contributed by atoms with Gasteiger partial charge in [0.15, 0.2) is 17.3 Å². The number of benzene rings is 1. The highest BCUT2D eigenvalue weighted by atomic mass is 32.1. The third-order valence-corrected chi connectivity index (χ3v) is 5.15. The lowest BCUT2D eigenvalue weighted by atomic mass is 10.2. The summed E-state index contributed by atoms with van der Waals surface area (Å²) in [4.78, 5) is 26.2. The summed E-state index contributed by atoms with van der Waals surface area (Å²) in [7, 11) is 1.49. The van der Waals surface area contributed by atoms with Crippen LogP contribution in [0.2, 0.25) is 0 Å². The van der Waals surface area contributed by atoms with E-state index in [2.05, 4.69) is 15.0 Å². The first-order valence-electron chi connectivity index (χ1n) is 8.29. The molecule has 0 bridgehead atoms. The van der Waals surface area contributed by atoms with Crippen LogP contribution in [-0.4, -0.2) is 40.7 Å². The van der Waals surface area contributed by atoms with Crippen molar-refractivity contribution in [3.05, 3.63) is 58.2 Å². The van der Waals surface area contributed by atoms with E-state index in [0.29, 0.717) is 21.9 Å². The zero-order valence-electron chi connectivity index (χ0n) is 15.3. The van der Waals surface area contributed by atoms with Gasteiger partial charge in [-0.3, -0.25) is 14.8 Å². The molecule has 1 N–H and O–H groups in total. The zero-order valence-corrected chi connectivity index (χ0v) is 16.1. The number of aliphatic imine (C=N–C) groups is 1. The minimum atomic E-state index is -0.0983. The maximum atomic E-state index is 12.5. The number of pyridine rings is 1. The molecule has 3 rings (SSSR count). The number of rotatable bonds is 6. The molecule has 3 aromatic rings. The van der Waals surface area contributed by atoms with Gasteiger partial charge in [-0.25, -0.2) is 4.98 Å². The minimum Gasteiger partial charge on any atom is -0.504 e. The van der Waals surface area contributed by atoms with Gasteiger partial charge < -0.3 is 9.84 Å². The second kappa shape index (κ2) is 8.09. The van der Waals surface area contributed by atoms with E-state index in [0.717, 1.165) is 16.3 Å². The Morgan fingerprint density at radius 2 is 2.15 bits per heavy atom. The van der Waals surface area contributed by atoms with Crippen molar-refractivity contribution >= 4 is 23.3 Å². The fourth-order valence-electron chi connectivity index (χ4n) is 2.56. The molecule has 2 aromatic heterocycles. The molecule has 6 nitrogen and oxygen atoms in total. The van der Waals surface area contributed by atoms with Gasteiger partial charge in [0.25, 0.3) is 0 Å². The Bertz CT molecular complexity index is 1010. The van der Waals surface area contributed by atoms with Crippen molar-refractivity contribution in [3.63, 3.8) is 0 Å². The van der Waals surface area contributed by atoms with Crippen molar-refractivity contribution in [1.29, 1.82) is 0 Å². The normalized spacial score (nSPS) is 11.1. The number of hydrogen-bond acceptors (Lipinski definition) is 7. The summed E-state index contributed by atoms with van der Waals surface area (Å²) in [5, 5.41) is 10.5. The van der Waals surface area contributed by atoms with Gasteiger partial charge >= 0.3 is 0 Å². The van der Waals surface area contributed by atoms with E-state index >= 15 is 0 Å². The number of carbonyl (C=O) groups excluding carboxylic acids is 1. The number of phenolic OH excluding ortho intramolecular Hbond substituents is 1. The van der Waals surface area contributed by atoms with Gasteiger partial charge in [0.1, 0.15) is 17.2 Å². The van der Waals surface area contributed by atoms with E-state index in [1.54, 1.807) is 24.5 Å². The van der Waals surface area contributed by atoms with Crippen molar-refractivity contribution in [3.8, 4) is 22.2 Å². The summed E-state index contributed by atoms with van der Waals surface area (Å²) in [6.07, 6.45) is 3.27. The number of aromatic hydroxyl groups is 1. The predicted molar refractivity (Wildman–Crippen MR) is 106 cm³/mol. The number of aryl methyl sites for hydroxylation is 2. The van der Waals surface area contributed by atoms with Crippen LogP contribution in [0.3, 0.4) is 0 Å². The molecule has 0 saturated carbocycles. The SMILES string of the molecule is COc1ccc(C=NCC(=O)c2sc(-c3ncccc3C)nc2C)cc1O. The van der Waals surface area contributed by atoms with Crippen LogP contribution in [0.1, 0.15) is 26.5 Å². The van der Waals surface area contributed by atoms with Gasteiger partial charge in [0, 0.05) is 12.4 Å². The molecule has 0 radical (unpaired) electrons. The summed E-state index contributed by atoms with van der Waals surface area (Å²) in [5.41, 5.74) is 3.18. The molecule has 0 amide bonds. The molecule has 0 aliphatic rings. The number of thiazole rings is 1. The monoisotopic (exact) mass is 381 g/mol. The number of phenols is 1. The molecule has 0 spiro atoms. The third kappa shape index (κ3) is 4.20. The topological polar surface area (TPSA) is 84.7 Å². The summed E-state index contributed by atoms with van der Waals surface area (Å²) >= 11 is 1.33. The Kier molecular flexibility index (Phi) is 5.61. The van der Waals surface area contributed by atoms with Crippen LogP contribution in [-0.2, 0) is 0 Å². The third-order valence-electron chi connectivity index (χ3n) is 3.94. The average Bonchev–Trinajstić information content (AvgIpc) is 3.04. The zero-order chi connectivity index (χ0) is 19.4. The molecule has 7 heteroatoms. The quantitative estimate of drug-likeness (QED) is 0.518. The Morgan fingerprint density at radius 3 is 2.85 bits per heavy atom. The van der Waals surface area contributed by atoms with Gasteiger partial charge in [-0.2, -0.15) is 0 Å². The lowest BCUT2D eigenvalue weighted by Gasteiger charge is -2.02. The Labute approximate surface area is 161 Å². The fraction of sp³-hybridized carbons (Fsp3) is 0.200. The van der Waals surface area contributed by atoms with Crippen LogP contribution >= 0.6 is 11.3 Å². The van der Waals surface area contributed by atoms with Crippen molar-refractivity contribution in [2.45, 2.75) is 13.8 Å². The molecule has 0 fully saturated rings. The van der Waals surface area contributed by atoms with Gasteiger partial charge in [-0.1, -0.05) is 6.07 Å². The molecule has 0 unspecified atom stereocenters. The molecule has 0 aliphatic heterocycles. The summed E-state index contributed by atoms with van der Waals surface area (Å²) in [6.45, 7) is 3.79. The van der Waals surface area contributed by atoms with E-state index in [4.69, 9.17) is 4.74 Å². The molecular formula is C20H19N3O3S. The van der Waals surface area contributed by atoms with Crippen LogP contribution < -0.4 is 4.74 Å². The van der Waals surface area contributed by atoms with Crippen molar-refractivity contribution in [2.24, 2.45) is 4.99 Å². The average molecular weight is 381 g/mol. The van der Waals surface area contributed by atoms with Gasteiger partial charge in [0.05, 0.1) is 17.7 Å². The Hall–Kier alpha value is -3.06. The van der Waals surface area contributed by atoms with Crippen LogP contribution in [0.5, 0.6) is 11.5 Å². The van der Waals surface area contributed by atoms with Crippen molar-refractivity contribution in [1.82, 2.24) is 9.97 Å². The van der Waals surface area contributed by atoms with Crippen LogP contribution in [0.15, 0.2) is 41.5 Å². The highest BCUT2D eigenvalue weighted by molar-refractivity contribution is 7.17. The van der Waals surface area contributed by atoms with E-state index in [9.17, 15) is 9.90 Å². The summed E-state index contributed by atoms with van der Waals surface area (Å²) < 4.78 is 5.00. The summed E-state index contributed by atoms with van der Waals surface area (Å²) in [6, 6.07) is 8.78. The first kappa shape index (κ1) is 18.7. The van der Waals surface area contributed by atoms with E-state index < -0.39 is 0 Å². The number of aromatic nitrogens is 2. The number of Topliss-reactive ketones (excluding diaryl/α,β-unsaturated/α-hetero) is 1. The molecule has 0 atom stereocenters. The van der Waals surface area contributed by atoms with Crippen molar-refractivity contribution < 1.29 is 14.6 Å². The molecule has 2 heterocycles. The van der Waals surface area contributed by atoms with E-state index in [1.165, 1.54) is 24.5 Å². The van der Waals surface area contributed by atoms with Crippen LogP contribution in [0.4, 0.5) is 0 Å². The van der Waals surface area contributed by atoms with Gasteiger partial charge in [-0.05, 0) is 49.2 Å². The van der Waals surface area contributed by atoms with Gasteiger partial charge in [-0.15, -0.1) is 11.3 Å². The first-order chi connectivity index (χ1) is 13.0. The molecule has 1 aromatic carbocycles. The Balaban J connectivity index is 1.73. The lowest BCUT2D eigenvalue weighted by Crippen LogP contribution is -2.03. The second-order valence-corrected chi connectivity index (χ2v) is 6.93. The maximum Gasteiger partial charge on any atom is 0.196 e. The predicted octanol–water partition coefficient (Wildman–Crippen LogP) is 3.84. The van der Waals surface area contributed by atoms with Gasteiger partial charge in [0.2, 0.25) is 0 Å². The number of ether oxygens (including phenoxy) is 1. The van der Waals surface area contributed by atoms with E-state index in [-0.39, 0.29) is 18.1 Å². The molecular weight excluding hydrogens is 362 g/mol. The molecule has 138 valence electrons. The maximum absolute atomic E-state index is 12.5. The number of nitrogens with zero attached hydrogens (tertiary/aromatic N) is 3. The lowest BCUT2D eigenvalue weighted by molar-refractivity contribution is 0.100. The molecule has 0 saturated heterocycles. The minimum absolute atomic E-state index is 0.0104. The largest absolute Gasteiger partial charge is 0.504 e. The number of carbonyl (C=O) groups is 1. The highest BCUT2D eigenvalue weighted by Crippen LogP contribution is 2.29. The smallest absolute Gasteiger partial charge is 0.196 e. The summed E-state index contributed by atoms with van der Waals surface area (Å²) in [5.74, 6) is 0.320. The number of ketones is 1. The number of methoxy groups -OCH3 is 1. The highest BCUT2D eigenvalue weighted by Gasteiger charge is 2.17. The molecule has 0 aliphatic carbocycles. The second-order valence-electron chi connectivity index (χ2n) is 5.93. The van der Waals surface area contributed by atoms with Crippen LogP contribution in [0.25, 0.3) is 10.7 Å².